The maximum Gasteiger partial charge on any atom is 0.238 e. The molecule has 7 heteroatoms. The number of nitrogens with one attached hydrogen (secondary N) is 1. The molecule has 1 aliphatic rings. The molecular formula is C16H16N2O3S2. The Labute approximate surface area is 139 Å². The van der Waals surface area contributed by atoms with E-state index >= 15 is 0 Å². The zero-order chi connectivity index (χ0) is 16.4. The van der Waals surface area contributed by atoms with E-state index in [1.54, 1.807) is 23.9 Å². The third kappa shape index (κ3) is 3.57. The summed E-state index contributed by atoms with van der Waals surface area (Å²) in [6.45, 7) is 0.269. The minimum atomic E-state index is -3.74. The molecule has 0 aromatic heterocycles. The van der Waals surface area contributed by atoms with Crippen LogP contribution in [0.3, 0.4) is 0 Å². The lowest BCUT2D eigenvalue weighted by Crippen LogP contribution is -2.29. The van der Waals surface area contributed by atoms with Crippen LogP contribution in [0.15, 0.2) is 58.3 Å². The Hall–Kier alpha value is -1.83. The van der Waals surface area contributed by atoms with Crippen molar-refractivity contribution in [1.29, 1.82) is 0 Å². The van der Waals surface area contributed by atoms with Crippen LogP contribution in [-0.4, -0.2) is 20.1 Å². The van der Waals surface area contributed by atoms with Crippen molar-refractivity contribution < 1.29 is 13.2 Å². The molecule has 0 aliphatic carbocycles. The number of hydrogen-bond acceptors (Lipinski definition) is 4. The molecule has 2 aromatic rings. The summed E-state index contributed by atoms with van der Waals surface area (Å²) in [5.74, 6) is 0.503. The molecule has 0 saturated carbocycles. The molecular weight excluding hydrogens is 332 g/mol. The number of primary sulfonamides is 1. The van der Waals surface area contributed by atoms with Gasteiger partial charge in [-0.15, -0.1) is 11.8 Å². The summed E-state index contributed by atoms with van der Waals surface area (Å²) in [7, 11) is -3.74. The molecule has 5 nitrogen and oxygen atoms in total. The van der Waals surface area contributed by atoms with Gasteiger partial charge in [-0.25, -0.2) is 13.6 Å². The lowest BCUT2D eigenvalue weighted by atomic mass is 10.0. The minimum Gasteiger partial charge on any atom is -0.351 e. The molecule has 2 aromatic carbocycles. The van der Waals surface area contributed by atoms with Crippen LogP contribution in [0.2, 0.25) is 0 Å². The highest BCUT2D eigenvalue weighted by Gasteiger charge is 2.28. The van der Waals surface area contributed by atoms with Crippen LogP contribution in [-0.2, 0) is 21.4 Å². The number of amides is 1. The predicted molar refractivity (Wildman–Crippen MR) is 89.6 cm³/mol. The highest BCUT2D eigenvalue weighted by atomic mass is 32.2. The summed E-state index contributed by atoms with van der Waals surface area (Å²) >= 11 is 1.68. The molecule has 3 N–H and O–H groups in total. The topological polar surface area (TPSA) is 89.3 Å². The summed E-state index contributed by atoms with van der Waals surface area (Å²) in [6, 6.07) is 14.2. The fraction of sp³-hybridized carbons (Fsp3) is 0.188. The quantitative estimate of drug-likeness (QED) is 0.882. The van der Waals surface area contributed by atoms with Gasteiger partial charge in [0.15, 0.2) is 0 Å². The molecule has 23 heavy (non-hydrogen) atoms. The lowest BCUT2D eigenvalue weighted by molar-refractivity contribution is -0.122. The molecule has 1 heterocycles. The molecule has 0 saturated heterocycles. The maximum atomic E-state index is 12.4. The molecule has 0 radical (unpaired) electrons. The third-order valence-electron chi connectivity index (χ3n) is 3.71. The van der Waals surface area contributed by atoms with Gasteiger partial charge in [-0.3, -0.25) is 4.79 Å². The maximum absolute atomic E-state index is 12.4. The Bertz CT molecular complexity index is 850. The van der Waals surface area contributed by atoms with E-state index in [1.165, 1.54) is 12.1 Å². The fourth-order valence-corrected chi connectivity index (χ4v) is 4.34. The van der Waals surface area contributed by atoms with Gasteiger partial charge in [-0.1, -0.05) is 30.3 Å². The van der Waals surface area contributed by atoms with Crippen molar-refractivity contribution in [3.8, 4) is 0 Å². The van der Waals surface area contributed by atoms with Crippen molar-refractivity contribution in [2.45, 2.75) is 22.3 Å². The summed E-state index contributed by atoms with van der Waals surface area (Å²) in [4.78, 5) is 13.6. The monoisotopic (exact) mass is 348 g/mol. The number of sulfonamides is 1. The smallest absolute Gasteiger partial charge is 0.238 e. The Kier molecular flexibility index (Phi) is 4.43. The molecule has 0 bridgehead atoms. The Morgan fingerprint density at radius 2 is 2.00 bits per heavy atom. The van der Waals surface area contributed by atoms with E-state index in [4.69, 9.17) is 5.14 Å². The van der Waals surface area contributed by atoms with E-state index in [2.05, 4.69) is 5.32 Å². The number of fused-ring (bicyclic) bond motifs is 1. The Morgan fingerprint density at radius 1 is 1.22 bits per heavy atom. The number of carbonyl (C=O) groups excluding carboxylic acids is 1. The average Bonchev–Trinajstić information content (AvgIpc) is 2.96. The van der Waals surface area contributed by atoms with Crippen LogP contribution in [0.25, 0.3) is 0 Å². The molecule has 0 fully saturated rings. The molecule has 1 amide bonds. The molecule has 0 spiro atoms. The van der Waals surface area contributed by atoms with E-state index in [0.717, 1.165) is 16.2 Å². The first-order chi connectivity index (χ1) is 10.9. The standard InChI is InChI=1S/C16H16N2O3S2/c17-23(20,21)12-5-3-4-11(8-12)9-18-16(19)14-10-22-15-7-2-1-6-13(14)15/h1-8,14H,9-10H2,(H,18,19)(H2,17,20,21)/t14-/m0/s1. The van der Waals surface area contributed by atoms with Crippen molar-refractivity contribution >= 4 is 27.7 Å². The summed E-state index contributed by atoms with van der Waals surface area (Å²) in [6.07, 6.45) is 0. The first-order valence-electron chi connectivity index (χ1n) is 7.06. The van der Waals surface area contributed by atoms with Gasteiger partial charge in [0, 0.05) is 17.2 Å². The first kappa shape index (κ1) is 16.0. The fourth-order valence-electron chi connectivity index (χ4n) is 2.52. The van der Waals surface area contributed by atoms with E-state index in [0.29, 0.717) is 5.56 Å². The molecule has 0 unspecified atom stereocenters. The van der Waals surface area contributed by atoms with Gasteiger partial charge in [0.25, 0.3) is 0 Å². The highest BCUT2D eigenvalue weighted by molar-refractivity contribution is 7.99. The number of carbonyl (C=O) groups is 1. The highest BCUT2D eigenvalue weighted by Crippen LogP contribution is 2.39. The average molecular weight is 348 g/mol. The van der Waals surface area contributed by atoms with Gasteiger partial charge < -0.3 is 5.32 Å². The largest absolute Gasteiger partial charge is 0.351 e. The van der Waals surface area contributed by atoms with Crippen LogP contribution in [0, 0.1) is 0 Å². The third-order valence-corrected chi connectivity index (χ3v) is 5.80. The molecule has 3 rings (SSSR count). The molecule has 1 atom stereocenters. The second-order valence-electron chi connectivity index (χ2n) is 5.31. The second kappa shape index (κ2) is 6.35. The molecule has 1 aliphatic heterocycles. The zero-order valence-corrected chi connectivity index (χ0v) is 13.9. The summed E-state index contributed by atoms with van der Waals surface area (Å²) in [5, 5.41) is 7.99. The molecule has 120 valence electrons. The van der Waals surface area contributed by atoms with Crippen LogP contribution < -0.4 is 10.5 Å². The van der Waals surface area contributed by atoms with Crippen molar-refractivity contribution in [2.24, 2.45) is 5.14 Å². The SMILES string of the molecule is NS(=O)(=O)c1cccc(CNC(=O)[C@H]2CSc3ccccc32)c1. The number of nitrogens with two attached hydrogens (primary N) is 1. The van der Waals surface area contributed by atoms with Crippen LogP contribution in [0.5, 0.6) is 0 Å². The van der Waals surface area contributed by atoms with Gasteiger partial charge >= 0.3 is 0 Å². The van der Waals surface area contributed by atoms with Crippen molar-refractivity contribution in [3.63, 3.8) is 0 Å². The number of hydrogen-bond donors (Lipinski definition) is 2. The predicted octanol–water partition coefficient (Wildman–Crippen LogP) is 1.84. The van der Waals surface area contributed by atoms with Crippen molar-refractivity contribution in [1.82, 2.24) is 5.32 Å². The summed E-state index contributed by atoms with van der Waals surface area (Å²) < 4.78 is 22.7. The van der Waals surface area contributed by atoms with Crippen molar-refractivity contribution in [3.05, 3.63) is 59.7 Å². The number of thioether (sulfide) groups is 1. The van der Waals surface area contributed by atoms with Crippen LogP contribution >= 0.6 is 11.8 Å². The van der Waals surface area contributed by atoms with E-state index in [-0.39, 0.29) is 23.3 Å². The number of benzene rings is 2. The minimum absolute atomic E-state index is 0.0472. The van der Waals surface area contributed by atoms with Gasteiger partial charge in [0.1, 0.15) is 0 Å². The van der Waals surface area contributed by atoms with Gasteiger partial charge in [0.2, 0.25) is 15.9 Å². The van der Waals surface area contributed by atoms with Gasteiger partial charge in [-0.05, 0) is 29.3 Å². The van der Waals surface area contributed by atoms with E-state index < -0.39 is 10.0 Å². The Morgan fingerprint density at radius 3 is 2.78 bits per heavy atom. The van der Waals surface area contributed by atoms with Crippen molar-refractivity contribution in [2.75, 3.05) is 5.75 Å². The van der Waals surface area contributed by atoms with E-state index in [1.807, 2.05) is 24.3 Å². The summed E-state index contributed by atoms with van der Waals surface area (Å²) in [5.41, 5.74) is 1.75. The Balaban J connectivity index is 1.69. The zero-order valence-electron chi connectivity index (χ0n) is 12.2. The normalized spacial score (nSPS) is 16.8. The first-order valence-corrected chi connectivity index (χ1v) is 9.59. The van der Waals surface area contributed by atoms with Gasteiger partial charge in [-0.2, -0.15) is 0 Å². The second-order valence-corrected chi connectivity index (χ2v) is 7.93. The lowest BCUT2D eigenvalue weighted by Gasteiger charge is -2.12. The van der Waals surface area contributed by atoms with Crippen LogP contribution in [0.4, 0.5) is 0 Å². The van der Waals surface area contributed by atoms with E-state index in [9.17, 15) is 13.2 Å². The van der Waals surface area contributed by atoms with Crippen LogP contribution in [0.1, 0.15) is 17.0 Å². The number of rotatable bonds is 4. The van der Waals surface area contributed by atoms with Gasteiger partial charge in [0.05, 0.1) is 10.8 Å².